The minimum atomic E-state index is -3.94. The van der Waals surface area contributed by atoms with Gasteiger partial charge in [-0.15, -0.1) is 0 Å². The molecule has 1 unspecified atom stereocenters. The summed E-state index contributed by atoms with van der Waals surface area (Å²) < 4.78 is 23.0. The predicted molar refractivity (Wildman–Crippen MR) is 72.6 cm³/mol. The second-order valence-corrected chi connectivity index (χ2v) is 6.20. The molecule has 112 valence electrons. The third kappa shape index (κ3) is 2.65. The fraction of sp³-hybridized carbons (Fsp3) is 0.250. The zero-order valence-electron chi connectivity index (χ0n) is 11.3. The van der Waals surface area contributed by atoms with E-state index < -0.39 is 33.5 Å². The standard InChI is InChI=1S/C12H13N3O5S/c1-6-3-4-8(5-9(6)21(13,19)20)15-7(2)10(16)11(17)12(18)14-15/h3-5,7H,1-2H3,(H,14,18)(H2,13,19,20). The minimum Gasteiger partial charge on any atom is -0.288 e. The average Bonchev–Trinajstić information content (AvgIpc) is 2.40. The van der Waals surface area contributed by atoms with Gasteiger partial charge in [0.15, 0.2) is 0 Å². The van der Waals surface area contributed by atoms with E-state index in [1.807, 2.05) is 0 Å². The first kappa shape index (κ1) is 15.1. The number of ketones is 2. The molecule has 8 nitrogen and oxygen atoms in total. The molecule has 0 spiro atoms. The number of nitrogens with two attached hydrogens (primary N) is 1. The molecule has 1 aromatic carbocycles. The largest absolute Gasteiger partial charge is 0.314 e. The molecule has 1 aliphatic rings. The maximum absolute atomic E-state index is 11.7. The quantitative estimate of drug-likeness (QED) is 0.676. The van der Waals surface area contributed by atoms with Crippen LogP contribution in [0.2, 0.25) is 0 Å². The summed E-state index contributed by atoms with van der Waals surface area (Å²) in [5.41, 5.74) is 2.92. The number of Topliss-reactive ketones (excluding diaryl/α,β-unsaturated/α-hetero) is 2. The Balaban J connectivity index is 2.50. The number of carbonyl (C=O) groups excluding carboxylic acids is 3. The Morgan fingerprint density at radius 2 is 1.86 bits per heavy atom. The van der Waals surface area contributed by atoms with Crippen LogP contribution in [0.3, 0.4) is 0 Å². The number of aryl methyl sites for hydroxylation is 1. The summed E-state index contributed by atoms with van der Waals surface area (Å²) in [6.07, 6.45) is 0. The van der Waals surface area contributed by atoms with Crippen molar-refractivity contribution < 1.29 is 22.8 Å². The number of primary sulfonamides is 1. The molecule has 1 atom stereocenters. The number of hydrogen-bond donors (Lipinski definition) is 2. The molecule has 0 aromatic heterocycles. The molecule has 2 rings (SSSR count). The Labute approximate surface area is 120 Å². The highest BCUT2D eigenvalue weighted by molar-refractivity contribution is 7.89. The van der Waals surface area contributed by atoms with Crippen LogP contribution in [0.5, 0.6) is 0 Å². The minimum absolute atomic E-state index is 0.120. The first-order valence-corrected chi connectivity index (χ1v) is 7.49. The first-order chi connectivity index (χ1) is 9.62. The van der Waals surface area contributed by atoms with E-state index in [0.717, 1.165) is 5.01 Å². The summed E-state index contributed by atoms with van der Waals surface area (Å²) in [7, 11) is -3.94. The van der Waals surface area contributed by atoms with Crippen LogP contribution in [-0.2, 0) is 24.4 Å². The van der Waals surface area contributed by atoms with Crippen LogP contribution in [0.1, 0.15) is 12.5 Å². The smallest absolute Gasteiger partial charge is 0.288 e. The predicted octanol–water partition coefficient (Wildman–Crippen LogP) is -0.980. The number of nitrogens with zero attached hydrogens (tertiary/aromatic N) is 1. The van der Waals surface area contributed by atoms with Crippen LogP contribution in [0.4, 0.5) is 5.69 Å². The van der Waals surface area contributed by atoms with Crippen molar-refractivity contribution in [3.63, 3.8) is 0 Å². The number of rotatable bonds is 2. The highest BCUT2D eigenvalue weighted by atomic mass is 32.2. The Hall–Kier alpha value is -2.26. The summed E-state index contributed by atoms with van der Waals surface area (Å²) in [6, 6.07) is 3.31. The highest BCUT2D eigenvalue weighted by Gasteiger charge is 2.38. The molecular formula is C12H13N3O5S. The Morgan fingerprint density at radius 3 is 2.43 bits per heavy atom. The van der Waals surface area contributed by atoms with Crippen LogP contribution in [0, 0.1) is 6.92 Å². The molecule has 0 radical (unpaired) electrons. The Morgan fingerprint density at radius 1 is 1.24 bits per heavy atom. The number of benzene rings is 1. The van der Waals surface area contributed by atoms with Gasteiger partial charge in [-0.2, -0.15) is 0 Å². The SMILES string of the molecule is Cc1ccc(N2NC(=O)C(=O)C(=O)C2C)cc1S(N)(=O)=O. The summed E-state index contributed by atoms with van der Waals surface area (Å²) >= 11 is 0. The molecule has 1 aliphatic heterocycles. The number of carbonyl (C=O) groups is 3. The fourth-order valence-electron chi connectivity index (χ4n) is 2.01. The van der Waals surface area contributed by atoms with Crippen molar-refractivity contribution in [1.29, 1.82) is 0 Å². The second kappa shape index (κ2) is 4.93. The zero-order valence-corrected chi connectivity index (χ0v) is 12.1. The van der Waals surface area contributed by atoms with E-state index >= 15 is 0 Å². The first-order valence-electron chi connectivity index (χ1n) is 5.95. The maximum Gasteiger partial charge on any atom is 0.314 e. The summed E-state index contributed by atoms with van der Waals surface area (Å²) in [4.78, 5) is 34.3. The monoisotopic (exact) mass is 311 g/mol. The number of anilines is 1. The van der Waals surface area contributed by atoms with Gasteiger partial charge in [0.1, 0.15) is 6.04 Å². The normalized spacial score (nSPS) is 19.7. The van der Waals surface area contributed by atoms with E-state index in [0.29, 0.717) is 5.56 Å². The van der Waals surface area contributed by atoms with Crippen molar-refractivity contribution in [2.24, 2.45) is 5.14 Å². The number of hydrogen-bond acceptors (Lipinski definition) is 6. The lowest BCUT2D eigenvalue weighted by Gasteiger charge is -2.33. The average molecular weight is 311 g/mol. The third-order valence-corrected chi connectivity index (χ3v) is 4.23. The van der Waals surface area contributed by atoms with Gasteiger partial charge < -0.3 is 0 Å². The van der Waals surface area contributed by atoms with Crippen LogP contribution in [0.25, 0.3) is 0 Å². The van der Waals surface area contributed by atoms with Gasteiger partial charge >= 0.3 is 5.91 Å². The lowest BCUT2D eigenvalue weighted by molar-refractivity contribution is -0.147. The van der Waals surface area contributed by atoms with E-state index in [1.165, 1.54) is 25.1 Å². The van der Waals surface area contributed by atoms with Gasteiger partial charge in [-0.3, -0.25) is 24.8 Å². The molecule has 0 bridgehead atoms. The molecule has 1 fully saturated rings. The summed E-state index contributed by atoms with van der Waals surface area (Å²) in [6.45, 7) is 2.99. The molecule has 1 aromatic rings. The number of hydrazine groups is 1. The molecule has 9 heteroatoms. The van der Waals surface area contributed by atoms with Crippen molar-refractivity contribution in [1.82, 2.24) is 5.43 Å². The lowest BCUT2D eigenvalue weighted by atomic mass is 10.1. The number of nitrogens with one attached hydrogen (secondary N) is 1. The number of sulfonamides is 1. The Bertz CT molecular complexity index is 756. The van der Waals surface area contributed by atoms with Gasteiger partial charge in [-0.05, 0) is 31.5 Å². The van der Waals surface area contributed by atoms with Gasteiger partial charge in [0.2, 0.25) is 15.8 Å². The topological polar surface area (TPSA) is 127 Å². The summed E-state index contributed by atoms with van der Waals surface area (Å²) in [5.74, 6) is -3.05. The van der Waals surface area contributed by atoms with Gasteiger partial charge in [-0.25, -0.2) is 13.6 Å². The van der Waals surface area contributed by atoms with Crippen LogP contribution in [0.15, 0.2) is 23.1 Å². The van der Waals surface area contributed by atoms with Crippen molar-refractivity contribution in [3.05, 3.63) is 23.8 Å². The van der Waals surface area contributed by atoms with E-state index in [9.17, 15) is 22.8 Å². The maximum atomic E-state index is 11.7. The van der Waals surface area contributed by atoms with E-state index in [2.05, 4.69) is 5.43 Å². The molecule has 1 heterocycles. The Kier molecular flexibility index (Phi) is 3.56. The van der Waals surface area contributed by atoms with Crippen LogP contribution in [-0.4, -0.2) is 31.9 Å². The van der Waals surface area contributed by atoms with Crippen LogP contribution >= 0.6 is 0 Å². The van der Waals surface area contributed by atoms with Crippen molar-refractivity contribution >= 4 is 33.2 Å². The van der Waals surface area contributed by atoms with Crippen LogP contribution < -0.4 is 15.6 Å². The molecule has 0 saturated carbocycles. The third-order valence-electron chi connectivity index (χ3n) is 3.18. The summed E-state index contributed by atoms with van der Waals surface area (Å²) in [5, 5.41) is 6.25. The van der Waals surface area contributed by atoms with Crippen molar-refractivity contribution in [2.45, 2.75) is 24.8 Å². The molecule has 3 N–H and O–H groups in total. The lowest BCUT2D eigenvalue weighted by Crippen LogP contribution is -2.61. The van der Waals surface area contributed by atoms with Gasteiger partial charge in [0.25, 0.3) is 5.78 Å². The van der Waals surface area contributed by atoms with E-state index in [4.69, 9.17) is 5.14 Å². The molecule has 0 aliphatic carbocycles. The van der Waals surface area contributed by atoms with Crippen molar-refractivity contribution in [2.75, 3.05) is 5.01 Å². The second-order valence-electron chi connectivity index (χ2n) is 4.68. The highest BCUT2D eigenvalue weighted by Crippen LogP contribution is 2.24. The fourth-order valence-corrected chi connectivity index (χ4v) is 2.81. The van der Waals surface area contributed by atoms with Gasteiger partial charge in [0.05, 0.1) is 10.6 Å². The van der Waals surface area contributed by atoms with Crippen molar-refractivity contribution in [3.8, 4) is 0 Å². The zero-order chi connectivity index (χ0) is 15.9. The molecule has 1 amide bonds. The molecule has 1 saturated heterocycles. The number of amides is 1. The van der Waals surface area contributed by atoms with E-state index in [1.54, 1.807) is 6.92 Å². The van der Waals surface area contributed by atoms with Gasteiger partial charge in [-0.1, -0.05) is 6.07 Å². The van der Waals surface area contributed by atoms with E-state index in [-0.39, 0.29) is 10.6 Å². The van der Waals surface area contributed by atoms with Gasteiger partial charge in [0, 0.05) is 0 Å². The molecule has 21 heavy (non-hydrogen) atoms. The molecular weight excluding hydrogens is 298 g/mol.